The number of ether oxygens (including phenoxy) is 1. The number of carbonyl (C=O) groups excluding carboxylic acids is 1. The molecular weight excluding hydrogens is 497 g/mol. The standard InChI is InChI=1S/C27H29Cl2N5O2/c1-18(36-26-7-6-22(29)14-32-26)23-16-34(17-24(23)19-2-4-21(28)5-3-19)27(35)20-8-12-33(13-9-20)25-15-30-10-11-31-25/h2-7,10-11,14-15,18,20,23-24H,8-9,12-13,16-17H2,1H3/t18-,23+,24+/m0/s1. The first-order chi connectivity index (χ1) is 17.5. The number of carbonyl (C=O) groups is 1. The van der Waals surface area contributed by atoms with E-state index >= 15 is 0 Å². The summed E-state index contributed by atoms with van der Waals surface area (Å²) in [5, 5.41) is 1.27. The van der Waals surface area contributed by atoms with Gasteiger partial charge in [0.25, 0.3) is 0 Å². The van der Waals surface area contributed by atoms with E-state index in [2.05, 4.69) is 38.9 Å². The molecule has 36 heavy (non-hydrogen) atoms. The number of halogens is 2. The largest absolute Gasteiger partial charge is 0.474 e. The molecule has 0 saturated carbocycles. The summed E-state index contributed by atoms with van der Waals surface area (Å²) < 4.78 is 6.21. The van der Waals surface area contributed by atoms with Crippen molar-refractivity contribution in [3.05, 3.63) is 76.8 Å². The van der Waals surface area contributed by atoms with E-state index in [1.807, 2.05) is 17.0 Å². The smallest absolute Gasteiger partial charge is 0.225 e. The molecule has 0 unspecified atom stereocenters. The van der Waals surface area contributed by atoms with Crippen molar-refractivity contribution < 1.29 is 9.53 Å². The van der Waals surface area contributed by atoms with Crippen molar-refractivity contribution in [2.24, 2.45) is 11.8 Å². The zero-order chi connectivity index (χ0) is 25.1. The molecule has 0 N–H and O–H groups in total. The Morgan fingerprint density at radius 3 is 2.39 bits per heavy atom. The van der Waals surface area contributed by atoms with Crippen molar-refractivity contribution in [2.45, 2.75) is 31.8 Å². The van der Waals surface area contributed by atoms with Crippen molar-refractivity contribution in [1.29, 1.82) is 0 Å². The number of rotatable bonds is 6. The molecule has 1 aromatic carbocycles. The molecule has 2 fully saturated rings. The van der Waals surface area contributed by atoms with Crippen molar-refractivity contribution in [3.8, 4) is 5.88 Å². The fraction of sp³-hybridized carbons (Fsp3) is 0.407. The molecule has 0 spiro atoms. The maximum atomic E-state index is 13.6. The molecule has 3 aromatic rings. The average molecular weight is 526 g/mol. The first-order valence-corrected chi connectivity index (χ1v) is 13.1. The van der Waals surface area contributed by atoms with Crippen LogP contribution in [0.3, 0.4) is 0 Å². The number of piperidine rings is 1. The van der Waals surface area contributed by atoms with E-state index < -0.39 is 0 Å². The lowest BCUT2D eigenvalue weighted by atomic mass is 9.86. The summed E-state index contributed by atoms with van der Waals surface area (Å²) in [4.78, 5) is 30.7. The number of pyridine rings is 1. The van der Waals surface area contributed by atoms with Gasteiger partial charge in [-0.05, 0) is 43.5 Å². The first-order valence-electron chi connectivity index (χ1n) is 12.3. The van der Waals surface area contributed by atoms with Gasteiger partial charge in [0, 0.05) is 73.6 Å². The summed E-state index contributed by atoms with van der Waals surface area (Å²) in [6.45, 7) is 4.96. The van der Waals surface area contributed by atoms with Crippen LogP contribution in [0.2, 0.25) is 10.0 Å². The van der Waals surface area contributed by atoms with E-state index in [4.69, 9.17) is 27.9 Å². The third-order valence-corrected chi connectivity index (χ3v) is 7.78. The zero-order valence-electron chi connectivity index (χ0n) is 20.1. The Morgan fingerprint density at radius 2 is 1.72 bits per heavy atom. The minimum atomic E-state index is -0.143. The Hall–Kier alpha value is -2.90. The molecule has 3 atom stereocenters. The fourth-order valence-electron chi connectivity index (χ4n) is 5.33. The van der Waals surface area contributed by atoms with Gasteiger partial charge in [0.05, 0.1) is 11.2 Å². The second-order valence-corrected chi connectivity index (χ2v) is 10.4. The molecule has 7 nitrogen and oxygen atoms in total. The second-order valence-electron chi connectivity index (χ2n) is 9.53. The van der Waals surface area contributed by atoms with E-state index in [9.17, 15) is 4.79 Å². The quantitative estimate of drug-likeness (QED) is 0.445. The molecule has 188 valence electrons. The summed E-state index contributed by atoms with van der Waals surface area (Å²) in [5.74, 6) is 1.90. The van der Waals surface area contributed by atoms with E-state index in [-0.39, 0.29) is 29.8 Å². The molecule has 9 heteroatoms. The van der Waals surface area contributed by atoms with Crippen LogP contribution in [0.25, 0.3) is 0 Å². The van der Waals surface area contributed by atoms with Gasteiger partial charge >= 0.3 is 0 Å². The molecule has 0 radical (unpaired) electrons. The van der Waals surface area contributed by atoms with E-state index in [0.717, 1.165) is 37.3 Å². The fourth-order valence-corrected chi connectivity index (χ4v) is 5.56. The Labute approximate surface area is 221 Å². The Balaban J connectivity index is 1.28. The van der Waals surface area contributed by atoms with Crippen LogP contribution in [0.1, 0.15) is 31.2 Å². The number of nitrogens with zero attached hydrogens (tertiary/aromatic N) is 5. The molecule has 2 aliphatic rings. The summed E-state index contributed by atoms with van der Waals surface area (Å²) in [6.07, 6.45) is 8.21. The van der Waals surface area contributed by atoms with Gasteiger partial charge in [0.15, 0.2) is 0 Å². The van der Waals surface area contributed by atoms with Crippen LogP contribution in [0.4, 0.5) is 5.82 Å². The predicted octanol–water partition coefficient (Wildman–Crippen LogP) is 5.10. The third-order valence-electron chi connectivity index (χ3n) is 7.30. The topological polar surface area (TPSA) is 71.5 Å². The minimum Gasteiger partial charge on any atom is -0.474 e. The van der Waals surface area contributed by atoms with Crippen LogP contribution < -0.4 is 9.64 Å². The SMILES string of the molecule is C[C@H](Oc1ccc(Cl)cn1)[C@H]1CN(C(=O)C2CCN(c3cnccn3)CC2)C[C@@H]1c1ccc(Cl)cc1. The Morgan fingerprint density at radius 1 is 0.972 bits per heavy atom. The van der Waals surface area contributed by atoms with Crippen LogP contribution in [-0.4, -0.2) is 58.0 Å². The summed E-state index contributed by atoms with van der Waals surface area (Å²) in [6, 6.07) is 11.5. The van der Waals surface area contributed by atoms with Crippen LogP contribution in [0.15, 0.2) is 61.2 Å². The number of likely N-dealkylation sites (tertiary alicyclic amines) is 1. The monoisotopic (exact) mass is 525 g/mol. The molecule has 0 bridgehead atoms. The van der Waals surface area contributed by atoms with Crippen LogP contribution in [-0.2, 0) is 4.79 Å². The summed E-state index contributed by atoms with van der Waals surface area (Å²) in [5.41, 5.74) is 1.16. The maximum absolute atomic E-state index is 13.6. The molecule has 2 aliphatic heterocycles. The number of anilines is 1. The maximum Gasteiger partial charge on any atom is 0.225 e. The molecular formula is C27H29Cl2N5O2. The predicted molar refractivity (Wildman–Crippen MR) is 141 cm³/mol. The Kier molecular flexibility index (Phi) is 7.58. The van der Waals surface area contributed by atoms with Gasteiger partial charge in [-0.2, -0.15) is 0 Å². The molecule has 0 aliphatic carbocycles. The summed E-state index contributed by atoms with van der Waals surface area (Å²) >= 11 is 12.1. The normalized spacial score (nSPS) is 21.4. The lowest BCUT2D eigenvalue weighted by molar-refractivity contribution is -0.135. The van der Waals surface area contributed by atoms with Crippen LogP contribution in [0.5, 0.6) is 5.88 Å². The first kappa shape index (κ1) is 24.8. The van der Waals surface area contributed by atoms with Gasteiger partial charge in [-0.15, -0.1) is 0 Å². The van der Waals surface area contributed by atoms with Crippen LogP contribution in [0, 0.1) is 11.8 Å². The average Bonchev–Trinajstić information content (AvgIpc) is 3.36. The number of amides is 1. The van der Waals surface area contributed by atoms with Crippen molar-refractivity contribution in [3.63, 3.8) is 0 Å². The molecule has 2 aromatic heterocycles. The highest BCUT2D eigenvalue weighted by atomic mass is 35.5. The molecule has 2 saturated heterocycles. The van der Waals surface area contributed by atoms with Crippen molar-refractivity contribution in [2.75, 3.05) is 31.1 Å². The van der Waals surface area contributed by atoms with E-state index in [1.54, 1.807) is 36.9 Å². The second kappa shape index (κ2) is 11.0. The highest BCUT2D eigenvalue weighted by Gasteiger charge is 2.42. The Bertz CT molecular complexity index is 1160. The number of hydrogen-bond donors (Lipinski definition) is 0. The lowest BCUT2D eigenvalue weighted by Crippen LogP contribution is -2.42. The van der Waals surface area contributed by atoms with Gasteiger partial charge < -0.3 is 14.5 Å². The summed E-state index contributed by atoms with van der Waals surface area (Å²) in [7, 11) is 0. The van der Waals surface area contributed by atoms with Crippen molar-refractivity contribution >= 4 is 34.9 Å². The van der Waals surface area contributed by atoms with Gasteiger partial charge in [-0.1, -0.05) is 35.3 Å². The van der Waals surface area contributed by atoms with E-state index in [1.165, 1.54) is 0 Å². The highest BCUT2D eigenvalue weighted by Crippen LogP contribution is 2.38. The number of hydrogen-bond acceptors (Lipinski definition) is 6. The van der Waals surface area contributed by atoms with Gasteiger partial charge in [0.2, 0.25) is 11.8 Å². The number of benzene rings is 1. The molecule has 5 rings (SSSR count). The van der Waals surface area contributed by atoms with Gasteiger partial charge in [-0.25, -0.2) is 9.97 Å². The lowest BCUT2D eigenvalue weighted by Gasteiger charge is -2.33. The van der Waals surface area contributed by atoms with E-state index in [0.29, 0.717) is 29.0 Å². The van der Waals surface area contributed by atoms with Crippen LogP contribution >= 0.6 is 23.2 Å². The molecule has 4 heterocycles. The van der Waals surface area contributed by atoms with Crippen molar-refractivity contribution in [1.82, 2.24) is 19.9 Å². The highest BCUT2D eigenvalue weighted by molar-refractivity contribution is 6.30. The van der Waals surface area contributed by atoms with Gasteiger partial charge in [0.1, 0.15) is 11.9 Å². The zero-order valence-corrected chi connectivity index (χ0v) is 21.6. The minimum absolute atomic E-state index is 0.0108. The molecule has 1 amide bonds. The van der Waals surface area contributed by atoms with Gasteiger partial charge in [-0.3, -0.25) is 9.78 Å². The third kappa shape index (κ3) is 5.57. The number of aromatic nitrogens is 3.